The fourth-order valence-corrected chi connectivity index (χ4v) is 3.64. The fraction of sp³-hybridized carbons (Fsp3) is 0.125. The van der Waals surface area contributed by atoms with Crippen LogP contribution in [0.1, 0.15) is 0 Å². The average Bonchev–Trinajstić information content (AvgIpc) is 2.18. The van der Waals surface area contributed by atoms with Crippen molar-refractivity contribution in [1.29, 1.82) is 0 Å². The predicted octanol–water partition coefficient (Wildman–Crippen LogP) is 2.28. The van der Waals surface area contributed by atoms with Crippen LogP contribution in [0.5, 0.6) is 0 Å². The van der Waals surface area contributed by atoms with Gasteiger partial charge in [0, 0.05) is 4.47 Å². The Balaban J connectivity index is 2.69. The molecule has 1 aliphatic heterocycles. The highest BCUT2D eigenvalue weighted by atomic mass is 79.9. The summed E-state index contributed by atoms with van der Waals surface area (Å²) in [5, 5.41) is 3.34. The third kappa shape index (κ3) is 1.91. The number of hydrogen-bond donors (Lipinski definition) is 1. The standard InChI is InChI=1S/C8H7BrN2O2S2/c1-14-8-10-7-5(9)3-2-4-6(7)15(12,13)11-8/h2-4H,1H3,(H,10,11). The van der Waals surface area contributed by atoms with Crippen molar-refractivity contribution >= 4 is 48.6 Å². The summed E-state index contributed by atoms with van der Waals surface area (Å²) in [5.74, 6) is 0. The smallest absolute Gasteiger partial charge is 0.286 e. The third-order valence-electron chi connectivity index (χ3n) is 1.88. The Morgan fingerprint density at radius 1 is 1.47 bits per heavy atom. The number of fused-ring (bicyclic) bond motifs is 1. The van der Waals surface area contributed by atoms with E-state index in [1.54, 1.807) is 18.4 Å². The van der Waals surface area contributed by atoms with Crippen molar-refractivity contribution in [3.8, 4) is 0 Å². The molecule has 0 radical (unpaired) electrons. The summed E-state index contributed by atoms with van der Waals surface area (Å²) in [4.78, 5) is 0.203. The van der Waals surface area contributed by atoms with E-state index in [0.717, 1.165) is 0 Å². The zero-order chi connectivity index (χ0) is 11.1. The van der Waals surface area contributed by atoms with Crippen LogP contribution in [0.2, 0.25) is 0 Å². The van der Waals surface area contributed by atoms with Crippen LogP contribution in [-0.4, -0.2) is 19.8 Å². The van der Waals surface area contributed by atoms with E-state index in [1.807, 2.05) is 0 Å². The molecule has 0 saturated heterocycles. The third-order valence-corrected chi connectivity index (χ3v) is 4.56. The number of para-hydroxylation sites is 1. The highest BCUT2D eigenvalue weighted by molar-refractivity contribution is 9.10. The number of halogens is 1. The van der Waals surface area contributed by atoms with Gasteiger partial charge >= 0.3 is 0 Å². The molecule has 0 spiro atoms. The zero-order valence-corrected chi connectivity index (χ0v) is 10.9. The van der Waals surface area contributed by atoms with E-state index >= 15 is 0 Å². The highest BCUT2D eigenvalue weighted by Crippen LogP contribution is 2.34. The van der Waals surface area contributed by atoms with E-state index in [0.29, 0.717) is 15.3 Å². The van der Waals surface area contributed by atoms with E-state index in [2.05, 4.69) is 25.6 Å². The second-order valence-electron chi connectivity index (χ2n) is 2.81. The van der Waals surface area contributed by atoms with Crippen LogP contribution in [0.3, 0.4) is 0 Å². The summed E-state index contributed by atoms with van der Waals surface area (Å²) in [5.41, 5.74) is 0.553. The summed E-state index contributed by atoms with van der Waals surface area (Å²) in [6, 6.07) is 4.98. The van der Waals surface area contributed by atoms with Crippen molar-refractivity contribution < 1.29 is 8.42 Å². The Kier molecular flexibility index (Phi) is 2.78. The molecular formula is C8H7BrN2O2S2. The molecule has 2 rings (SSSR count). The lowest BCUT2D eigenvalue weighted by Crippen LogP contribution is -2.18. The molecule has 1 aromatic rings. The quantitative estimate of drug-likeness (QED) is 0.799. The van der Waals surface area contributed by atoms with Crippen LogP contribution >= 0.6 is 27.7 Å². The van der Waals surface area contributed by atoms with Gasteiger partial charge in [-0.05, 0) is 34.3 Å². The number of hydrogen-bond acceptors (Lipinski definition) is 4. The van der Waals surface area contributed by atoms with E-state index in [1.165, 1.54) is 17.8 Å². The molecule has 0 aromatic heterocycles. The molecule has 0 unspecified atom stereocenters. The van der Waals surface area contributed by atoms with Crippen LogP contribution < -0.4 is 5.32 Å². The van der Waals surface area contributed by atoms with Gasteiger partial charge in [0.1, 0.15) is 4.90 Å². The van der Waals surface area contributed by atoms with Gasteiger partial charge in [-0.15, -0.1) is 4.40 Å². The van der Waals surface area contributed by atoms with Gasteiger partial charge < -0.3 is 5.32 Å². The topological polar surface area (TPSA) is 58.5 Å². The molecule has 0 atom stereocenters. The van der Waals surface area contributed by atoms with Crippen molar-refractivity contribution in [2.24, 2.45) is 4.40 Å². The number of rotatable bonds is 0. The van der Waals surface area contributed by atoms with Crippen LogP contribution in [0.25, 0.3) is 0 Å². The summed E-state index contributed by atoms with van der Waals surface area (Å²) in [7, 11) is -3.55. The molecule has 0 bridgehead atoms. The normalized spacial score (nSPS) is 17.6. The van der Waals surface area contributed by atoms with E-state index < -0.39 is 10.0 Å². The first-order chi connectivity index (χ1) is 7.04. The molecule has 1 heterocycles. The van der Waals surface area contributed by atoms with Gasteiger partial charge in [-0.2, -0.15) is 8.42 Å². The molecule has 0 fully saturated rings. The number of nitrogens with one attached hydrogen (secondary N) is 1. The molecule has 1 N–H and O–H groups in total. The second-order valence-corrected chi connectivity index (χ2v) is 6.04. The van der Waals surface area contributed by atoms with E-state index in [-0.39, 0.29) is 4.90 Å². The SMILES string of the molecule is CSC1=NS(=O)(=O)c2cccc(Br)c2N1. The van der Waals surface area contributed by atoms with Crippen molar-refractivity contribution in [3.63, 3.8) is 0 Å². The summed E-state index contributed by atoms with van der Waals surface area (Å²) in [6.07, 6.45) is 1.77. The molecular weight excluding hydrogens is 300 g/mol. The molecule has 7 heteroatoms. The zero-order valence-electron chi connectivity index (χ0n) is 7.69. The fourth-order valence-electron chi connectivity index (χ4n) is 1.22. The van der Waals surface area contributed by atoms with Gasteiger partial charge in [-0.3, -0.25) is 0 Å². The van der Waals surface area contributed by atoms with Gasteiger partial charge in [-0.25, -0.2) is 0 Å². The van der Waals surface area contributed by atoms with Gasteiger partial charge in [0.15, 0.2) is 5.17 Å². The molecule has 0 amide bonds. The first-order valence-corrected chi connectivity index (χ1v) is 7.45. The molecule has 15 heavy (non-hydrogen) atoms. The Labute approximate surface area is 100 Å². The first-order valence-electron chi connectivity index (χ1n) is 3.99. The maximum absolute atomic E-state index is 11.7. The lowest BCUT2D eigenvalue weighted by molar-refractivity contribution is 0.598. The van der Waals surface area contributed by atoms with E-state index in [4.69, 9.17) is 0 Å². The largest absolute Gasteiger partial charge is 0.332 e. The van der Waals surface area contributed by atoms with Gasteiger partial charge in [0.05, 0.1) is 5.69 Å². The Morgan fingerprint density at radius 3 is 2.87 bits per heavy atom. The number of sulfonamides is 1. The minimum Gasteiger partial charge on any atom is -0.332 e. The van der Waals surface area contributed by atoms with Crippen LogP contribution in [-0.2, 0) is 10.0 Å². The summed E-state index contributed by atoms with van der Waals surface area (Å²) >= 11 is 4.56. The molecule has 80 valence electrons. The Bertz CT molecular complexity index is 540. The highest BCUT2D eigenvalue weighted by Gasteiger charge is 2.25. The molecule has 1 aromatic carbocycles. The van der Waals surface area contributed by atoms with E-state index in [9.17, 15) is 8.42 Å². The number of nitrogens with zero attached hydrogens (tertiary/aromatic N) is 1. The number of benzene rings is 1. The number of anilines is 1. The second kappa shape index (κ2) is 3.80. The molecule has 4 nitrogen and oxygen atoms in total. The van der Waals surface area contributed by atoms with Gasteiger partial charge in [0.25, 0.3) is 10.0 Å². The van der Waals surface area contributed by atoms with Crippen molar-refractivity contribution in [1.82, 2.24) is 0 Å². The maximum atomic E-state index is 11.7. The minimum absolute atomic E-state index is 0.203. The number of thioether (sulfide) groups is 1. The van der Waals surface area contributed by atoms with Crippen LogP contribution in [0.4, 0.5) is 5.69 Å². The van der Waals surface area contributed by atoms with Crippen molar-refractivity contribution in [2.75, 3.05) is 11.6 Å². The monoisotopic (exact) mass is 306 g/mol. The average molecular weight is 307 g/mol. The lowest BCUT2D eigenvalue weighted by Gasteiger charge is -2.17. The van der Waals surface area contributed by atoms with Gasteiger partial charge in [0.2, 0.25) is 0 Å². The summed E-state index contributed by atoms with van der Waals surface area (Å²) in [6.45, 7) is 0. The Hall–Kier alpha value is -0.530. The molecule has 1 aliphatic rings. The minimum atomic E-state index is -3.55. The van der Waals surface area contributed by atoms with Gasteiger partial charge in [-0.1, -0.05) is 17.8 Å². The number of amidine groups is 1. The molecule has 0 aliphatic carbocycles. The lowest BCUT2D eigenvalue weighted by atomic mass is 10.3. The van der Waals surface area contributed by atoms with Crippen molar-refractivity contribution in [2.45, 2.75) is 4.90 Å². The Morgan fingerprint density at radius 2 is 2.20 bits per heavy atom. The maximum Gasteiger partial charge on any atom is 0.286 e. The molecule has 0 saturated carbocycles. The summed E-state index contributed by atoms with van der Waals surface area (Å²) < 4.78 is 27.8. The first kappa shape index (κ1) is 11.0. The van der Waals surface area contributed by atoms with Crippen molar-refractivity contribution in [3.05, 3.63) is 22.7 Å². The van der Waals surface area contributed by atoms with Crippen LogP contribution in [0.15, 0.2) is 32.0 Å². The predicted molar refractivity (Wildman–Crippen MR) is 65.9 cm³/mol. The van der Waals surface area contributed by atoms with Crippen LogP contribution in [0, 0.1) is 0 Å².